The Bertz CT molecular complexity index is 447. The normalized spacial score (nSPS) is 9.59. The van der Waals surface area contributed by atoms with E-state index in [2.05, 4.69) is 21.5 Å². The zero-order chi connectivity index (χ0) is 12.7. The Morgan fingerprint density at radius 2 is 2.35 bits per heavy atom. The molecular weight excluding hydrogens is 224 g/mol. The number of nitrogens with zero attached hydrogens (tertiary/aromatic N) is 3. The quantitative estimate of drug-likeness (QED) is 0.513. The summed E-state index contributed by atoms with van der Waals surface area (Å²) in [7, 11) is 0. The Morgan fingerprint density at radius 3 is 2.94 bits per heavy atom. The minimum absolute atomic E-state index is 0.0592. The standard InChI is InChI=1S/C10H12N4O3/c1-2-3-4-5-11-9(15)7-14-6-8(10(16)17)12-13-14/h1,6H,3-5,7H2,(H,11,15)(H,16,17). The fourth-order valence-electron chi connectivity index (χ4n) is 1.09. The number of aromatic carboxylic acids is 1. The monoisotopic (exact) mass is 236 g/mol. The van der Waals surface area contributed by atoms with Gasteiger partial charge in [-0.1, -0.05) is 5.21 Å². The second kappa shape index (κ2) is 6.27. The molecule has 0 aliphatic rings. The number of hydrogen-bond acceptors (Lipinski definition) is 4. The van der Waals surface area contributed by atoms with Crippen LogP contribution in [0.1, 0.15) is 23.3 Å². The third-order valence-corrected chi connectivity index (χ3v) is 1.88. The molecule has 0 aliphatic carbocycles. The van der Waals surface area contributed by atoms with Gasteiger partial charge in [-0.25, -0.2) is 9.48 Å². The van der Waals surface area contributed by atoms with E-state index in [0.717, 1.165) is 0 Å². The van der Waals surface area contributed by atoms with Gasteiger partial charge in [-0.3, -0.25) is 4.79 Å². The molecule has 0 bridgehead atoms. The molecule has 7 nitrogen and oxygen atoms in total. The molecule has 1 heterocycles. The molecule has 1 amide bonds. The van der Waals surface area contributed by atoms with Gasteiger partial charge in [-0.2, -0.15) is 0 Å². The minimum Gasteiger partial charge on any atom is -0.476 e. The highest BCUT2D eigenvalue weighted by Gasteiger charge is 2.10. The van der Waals surface area contributed by atoms with E-state index in [1.54, 1.807) is 0 Å². The molecule has 0 aliphatic heterocycles. The Hall–Kier alpha value is -2.36. The van der Waals surface area contributed by atoms with Crippen LogP contribution in [0.4, 0.5) is 0 Å². The number of hydrogen-bond donors (Lipinski definition) is 2. The van der Waals surface area contributed by atoms with Crippen molar-refractivity contribution >= 4 is 11.9 Å². The summed E-state index contributed by atoms with van der Waals surface area (Å²) in [5.41, 5.74) is -0.190. The van der Waals surface area contributed by atoms with Crippen LogP contribution in [-0.4, -0.2) is 38.5 Å². The fraction of sp³-hybridized carbons (Fsp3) is 0.400. The van der Waals surface area contributed by atoms with Gasteiger partial charge in [0.15, 0.2) is 5.69 Å². The van der Waals surface area contributed by atoms with Gasteiger partial charge in [0.1, 0.15) is 6.54 Å². The number of carbonyl (C=O) groups excluding carboxylic acids is 1. The van der Waals surface area contributed by atoms with E-state index in [1.165, 1.54) is 10.9 Å². The van der Waals surface area contributed by atoms with Crippen molar-refractivity contribution in [2.45, 2.75) is 19.4 Å². The molecule has 0 aromatic carbocycles. The molecule has 1 rings (SSSR count). The van der Waals surface area contributed by atoms with Crippen LogP contribution in [0, 0.1) is 12.3 Å². The average Bonchev–Trinajstić information content (AvgIpc) is 2.73. The van der Waals surface area contributed by atoms with Crippen molar-refractivity contribution in [3.8, 4) is 12.3 Å². The zero-order valence-corrected chi connectivity index (χ0v) is 9.09. The van der Waals surface area contributed by atoms with Crippen molar-refractivity contribution in [3.05, 3.63) is 11.9 Å². The van der Waals surface area contributed by atoms with Gasteiger partial charge in [-0.05, 0) is 6.42 Å². The molecule has 0 atom stereocenters. The van der Waals surface area contributed by atoms with Crippen molar-refractivity contribution in [2.75, 3.05) is 6.54 Å². The molecule has 2 N–H and O–H groups in total. The first-order chi connectivity index (χ1) is 8.13. The first-order valence-electron chi connectivity index (χ1n) is 4.97. The number of rotatable bonds is 6. The Labute approximate surface area is 97.8 Å². The van der Waals surface area contributed by atoms with Gasteiger partial charge in [0.25, 0.3) is 0 Å². The number of aromatic nitrogens is 3. The molecule has 0 fully saturated rings. The van der Waals surface area contributed by atoms with E-state index >= 15 is 0 Å². The van der Waals surface area contributed by atoms with E-state index < -0.39 is 5.97 Å². The molecule has 0 unspecified atom stereocenters. The van der Waals surface area contributed by atoms with Crippen molar-refractivity contribution in [1.82, 2.24) is 20.3 Å². The highest BCUT2D eigenvalue weighted by molar-refractivity contribution is 5.84. The van der Waals surface area contributed by atoms with Gasteiger partial charge in [-0.15, -0.1) is 17.4 Å². The Kier molecular flexibility index (Phi) is 4.69. The zero-order valence-electron chi connectivity index (χ0n) is 9.09. The lowest BCUT2D eigenvalue weighted by Crippen LogP contribution is -2.28. The number of terminal acetylenes is 1. The van der Waals surface area contributed by atoms with Crippen LogP contribution in [0.3, 0.4) is 0 Å². The third kappa shape index (κ3) is 4.34. The van der Waals surface area contributed by atoms with E-state index in [4.69, 9.17) is 11.5 Å². The number of carboxylic acid groups (broad SMARTS) is 1. The Balaban J connectivity index is 2.35. The summed E-state index contributed by atoms with van der Waals surface area (Å²) in [6, 6.07) is 0. The van der Waals surface area contributed by atoms with Crippen LogP contribution in [0.25, 0.3) is 0 Å². The molecule has 7 heteroatoms. The first-order valence-corrected chi connectivity index (χ1v) is 4.97. The van der Waals surface area contributed by atoms with E-state index in [-0.39, 0.29) is 18.1 Å². The summed E-state index contributed by atoms with van der Waals surface area (Å²) < 4.78 is 1.17. The number of carboxylic acids is 1. The Morgan fingerprint density at radius 1 is 1.59 bits per heavy atom. The van der Waals surface area contributed by atoms with Crippen LogP contribution in [0.15, 0.2) is 6.20 Å². The minimum atomic E-state index is -1.18. The lowest BCUT2D eigenvalue weighted by atomic mass is 10.3. The van der Waals surface area contributed by atoms with E-state index in [9.17, 15) is 9.59 Å². The van der Waals surface area contributed by atoms with Crippen LogP contribution in [0.2, 0.25) is 0 Å². The largest absolute Gasteiger partial charge is 0.476 e. The lowest BCUT2D eigenvalue weighted by molar-refractivity contribution is -0.121. The maximum absolute atomic E-state index is 11.4. The second-order valence-electron chi connectivity index (χ2n) is 3.26. The molecule has 17 heavy (non-hydrogen) atoms. The summed E-state index contributed by atoms with van der Waals surface area (Å²) in [5.74, 6) is 1.03. The highest BCUT2D eigenvalue weighted by atomic mass is 16.4. The number of nitrogens with one attached hydrogen (secondary N) is 1. The summed E-state index contributed by atoms with van der Waals surface area (Å²) in [6.07, 6.45) is 7.57. The number of carbonyl (C=O) groups is 2. The maximum Gasteiger partial charge on any atom is 0.358 e. The smallest absolute Gasteiger partial charge is 0.358 e. The average molecular weight is 236 g/mol. The predicted molar refractivity (Wildman–Crippen MR) is 58.1 cm³/mol. The van der Waals surface area contributed by atoms with Crippen LogP contribution in [0.5, 0.6) is 0 Å². The molecule has 0 saturated carbocycles. The van der Waals surface area contributed by atoms with Crippen LogP contribution in [-0.2, 0) is 11.3 Å². The van der Waals surface area contributed by atoms with Gasteiger partial charge in [0.2, 0.25) is 5.91 Å². The molecule has 1 aromatic rings. The molecule has 0 radical (unpaired) electrons. The van der Waals surface area contributed by atoms with Crippen molar-refractivity contribution < 1.29 is 14.7 Å². The summed E-state index contributed by atoms with van der Waals surface area (Å²) in [4.78, 5) is 21.9. The van der Waals surface area contributed by atoms with Gasteiger partial charge < -0.3 is 10.4 Å². The summed E-state index contributed by atoms with van der Waals surface area (Å²) in [6.45, 7) is 0.430. The molecule has 1 aromatic heterocycles. The molecule has 0 spiro atoms. The van der Waals surface area contributed by atoms with Crippen molar-refractivity contribution in [2.24, 2.45) is 0 Å². The van der Waals surface area contributed by atoms with E-state index in [0.29, 0.717) is 19.4 Å². The molecular formula is C10H12N4O3. The topological polar surface area (TPSA) is 97.1 Å². The molecule has 90 valence electrons. The van der Waals surface area contributed by atoms with Crippen LogP contribution < -0.4 is 5.32 Å². The number of amides is 1. The predicted octanol–water partition coefficient (Wildman–Crippen LogP) is -0.494. The third-order valence-electron chi connectivity index (χ3n) is 1.88. The fourth-order valence-corrected chi connectivity index (χ4v) is 1.09. The lowest BCUT2D eigenvalue weighted by Gasteiger charge is -2.02. The van der Waals surface area contributed by atoms with Gasteiger partial charge >= 0.3 is 5.97 Å². The van der Waals surface area contributed by atoms with Crippen LogP contribution >= 0.6 is 0 Å². The SMILES string of the molecule is C#CCCCNC(=O)Cn1cc(C(=O)O)nn1. The summed E-state index contributed by atoms with van der Waals surface area (Å²) in [5, 5.41) is 18.1. The maximum atomic E-state index is 11.4. The van der Waals surface area contributed by atoms with Gasteiger partial charge in [0, 0.05) is 13.0 Å². The van der Waals surface area contributed by atoms with Crippen molar-refractivity contribution in [1.29, 1.82) is 0 Å². The van der Waals surface area contributed by atoms with Gasteiger partial charge in [0.05, 0.1) is 6.20 Å². The van der Waals surface area contributed by atoms with Crippen molar-refractivity contribution in [3.63, 3.8) is 0 Å². The molecule has 0 saturated heterocycles. The highest BCUT2D eigenvalue weighted by Crippen LogP contribution is 1.92. The summed E-state index contributed by atoms with van der Waals surface area (Å²) >= 11 is 0. The van der Waals surface area contributed by atoms with E-state index in [1.807, 2.05) is 0 Å². The first kappa shape index (κ1) is 12.7. The number of unbranched alkanes of at least 4 members (excludes halogenated alkanes) is 1. The second-order valence-corrected chi connectivity index (χ2v) is 3.26.